The third-order valence-electron chi connectivity index (χ3n) is 7.69. The molecule has 0 aliphatic carbocycles. The first-order chi connectivity index (χ1) is 19.4. The molecular formula is C30H26BrCl3N2O5. The van der Waals surface area contributed by atoms with Crippen LogP contribution in [0.5, 0.6) is 5.75 Å². The Morgan fingerprint density at radius 3 is 2.46 bits per heavy atom. The molecule has 2 N–H and O–H groups in total. The minimum Gasteiger partial charge on any atom is -0.492 e. The lowest BCUT2D eigenvalue weighted by Crippen LogP contribution is -2.57. The van der Waals surface area contributed by atoms with E-state index >= 15 is 0 Å². The fourth-order valence-corrected chi connectivity index (χ4v) is 6.75. The number of amides is 2. The van der Waals surface area contributed by atoms with Crippen LogP contribution in [0.1, 0.15) is 48.9 Å². The molecule has 3 aromatic carbocycles. The highest BCUT2D eigenvalue weighted by atomic mass is 79.9. The maximum atomic E-state index is 14.3. The number of carbonyl (C=O) groups is 3. The summed E-state index contributed by atoms with van der Waals surface area (Å²) in [5.74, 6) is -1.36. The molecule has 1 fully saturated rings. The third-order valence-corrected chi connectivity index (χ3v) is 9.00. The van der Waals surface area contributed by atoms with Crippen LogP contribution in [0.2, 0.25) is 15.1 Å². The summed E-state index contributed by atoms with van der Waals surface area (Å²) >= 11 is 23.0. The Morgan fingerprint density at radius 1 is 1.02 bits per heavy atom. The summed E-state index contributed by atoms with van der Waals surface area (Å²) in [6.45, 7) is 3.41. The zero-order chi connectivity index (χ0) is 29.7. The van der Waals surface area contributed by atoms with Crippen LogP contribution in [-0.2, 0) is 24.5 Å². The van der Waals surface area contributed by atoms with Crippen molar-refractivity contribution in [1.82, 2.24) is 5.32 Å². The van der Waals surface area contributed by atoms with E-state index in [9.17, 15) is 14.4 Å². The Balaban J connectivity index is 1.75. The van der Waals surface area contributed by atoms with Gasteiger partial charge in [-0.3, -0.25) is 14.4 Å². The zero-order valence-electron chi connectivity index (χ0n) is 22.3. The molecule has 2 heterocycles. The van der Waals surface area contributed by atoms with E-state index < -0.39 is 28.8 Å². The fourth-order valence-electron chi connectivity index (χ4n) is 5.77. The Morgan fingerprint density at radius 2 is 1.73 bits per heavy atom. The molecule has 0 aromatic heterocycles. The summed E-state index contributed by atoms with van der Waals surface area (Å²) in [4.78, 5) is 40.1. The first kappa shape index (κ1) is 29.7. The number of fused-ring (bicyclic) bond motifs is 2. The Labute approximate surface area is 261 Å². The standard InChI is InChI=1S/C30H26BrCl3N2O5/c1-29(2,28(39)40-3)14-41-24-9-4-15(31)10-19(24)26-30(20-7-5-17(33)12-23(20)35-27(30)38)21(13-25(37)36-26)18-11-16(32)6-8-22(18)34/h4-12,21,26H,13-14H2,1-3H3,(H,35,38)(H,36,37)/t21-,26-,30+/m1/s1. The number of rotatable bonds is 6. The van der Waals surface area contributed by atoms with Gasteiger partial charge < -0.3 is 20.1 Å². The van der Waals surface area contributed by atoms with Gasteiger partial charge in [-0.15, -0.1) is 0 Å². The first-order valence-electron chi connectivity index (χ1n) is 12.7. The molecule has 1 spiro atoms. The summed E-state index contributed by atoms with van der Waals surface area (Å²) in [6, 6.07) is 14.6. The molecule has 0 unspecified atom stereocenters. The summed E-state index contributed by atoms with van der Waals surface area (Å²) in [5.41, 5.74) is -0.0264. The van der Waals surface area contributed by atoms with Crippen molar-refractivity contribution >= 4 is 74.2 Å². The number of piperidine rings is 1. The van der Waals surface area contributed by atoms with E-state index in [0.29, 0.717) is 47.7 Å². The van der Waals surface area contributed by atoms with Crippen molar-refractivity contribution in [2.45, 2.75) is 37.6 Å². The van der Waals surface area contributed by atoms with E-state index in [1.54, 1.807) is 68.4 Å². The molecule has 3 atom stereocenters. The lowest BCUT2D eigenvalue weighted by molar-refractivity contribution is -0.152. The highest BCUT2D eigenvalue weighted by molar-refractivity contribution is 9.10. The van der Waals surface area contributed by atoms with Crippen molar-refractivity contribution in [3.8, 4) is 5.75 Å². The molecule has 2 aliphatic heterocycles. The van der Waals surface area contributed by atoms with Crippen molar-refractivity contribution in [1.29, 1.82) is 0 Å². The number of hydrogen-bond donors (Lipinski definition) is 2. The van der Waals surface area contributed by atoms with Crippen LogP contribution in [0.15, 0.2) is 59.1 Å². The van der Waals surface area contributed by atoms with Crippen LogP contribution >= 0.6 is 50.7 Å². The summed E-state index contributed by atoms with van der Waals surface area (Å²) < 4.78 is 11.9. The molecule has 214 valence electrons. The van der Waals surface area contributed by atoms with Gasteiger partial charge in [-0.1, -0.05) is 56.8 Å². The van der Waals surface area contributed by atoms with Crippen molar-refractivity contribution in [2.24, 2.45) is 5.41 Å². The van der Waals surface area contributed by atoms with Gasteiger partial charge in [-0.25, -0.2) is 0 Å². The second-order valence-electron chi connectivity index (χ2n) is 10.8. The largest absolute Gasteiger partial charge is 0.492 e. The van der Waals surface area contributed by atoms with Crippen LogP contribution in [-0.4, -0.2) is 31.5 Å². The molecule has 41 heavy (non-hydrogen) atoms. The number of nitrogens with one attached hydrogen (secondary N) is 2. The van der Waals surface area contributed by atoms with Gasteiger partial charge >= 0.3 is 5.97 Å². The average molecular weight is 681 g/mol. The molecular weight excluding hydrogens is 655 g/mol. The second-order valence-corrected chi connectivity index (χ2v) is 13.0. The van der Waals surface area contributed by atoms with Crippen molar-refractivity contribution < 1.29 is 23.9 Å². The predicted octanol–water partition coefficient (Wildman–Crippen LogP) is 7.22. The van der Waals surface area contributed by atoms with E-state index in [2.05, 4.69) is 26.6 Å². The maximum absolute atomic E-state index is 14.3. The lowest BCUT2D eigenvalue weighted by Gasteiger charge is -2.47. The van der Waals surface area contributed by atoms with Gasteiger partial charge in [0, 0.05) is 43.1 Å². The number of anilines is 1. The van der Waals surface area contributed by atoms with Gasteiger partial charge in [0.25, 0.3) is 0 Å². The van der Waals surface area contributed by atoms with Gasteiger partial charge in [-0.2, -0.15) is 0 Å². The average Bonchev–Trinajstić information content (AvgIpc) is 3.20. The monoisotopic (exact) mass is 678 g/mol. The Kier molecular flexibility index (Phi) is 8.07. The van der Waals surface area contributed by atoms with Gasteiger partial charge in [-0.05, 0) is 73.5 Å². The Hall–Kier alpha value is -2.78. The molecule has 2 aliphatic rings. The molecule has 0 radical (unpaired) electrons. The molecule has 1 saturated heterocycles. The van der Waals surface area contributed by atoms with Gasteiger partial charge in [0.05, 0.1) is 18.6 Å². The second kappa shape index (κ2) is 11.1. The summed E-state index contributed by atoms with van der Waals surface area (Å²) in [5, 5.41) is 7.34. The van der Waals surface area contributed by atoms with E-state index in [0.717, 1.165) is 0 Å². The first-order valence-corrected chi connectivity index (χ1v) is 14.7. The number of hydrogen-bond acceptors (Lipinski definition) is 5. The van der Waals surface area contributed by atoms with E-state index in [1.165, 1.54) is 7.11 Å². The normalized spacial score (nSPS) is 21.7. The van der Waals surface area contributed by atoms with Crippen LogP contribution in [0.25, 0.3) is 0 Å². The van der Waals surface area contributed by atoms with Crippen LogP contribution in [0, 0.1) is 5.41 Å². The fraction of sp³-hybridized carbons (Fsp3) is 0.300. The Bertz CT molecular complexity index is 1580. The van der Waals surface area contributed by atoms with Crippen molar-refractivity contribution in [3.05, 3.63) is 90.8 Å². The number of ether oxygens (including phenoxy) is 2. The van der Waals surface area contributed by atoms with E-state index in [-0.39, 0.29) is 24.8 Å². The van der Waals surface area contributed by atoms with Crippen molar-refractivity contribution in [3.63, 3.8) is 0 Å². The van der Waals surface area contributed by atoms with Crippen LogP contribution < -0.4 is 15.4 Å². The van der Waals surface area contributed by atoms with Crippen LogP contribution in [0.4, 0.5) is 5.69 Å². The number of methoxy groups -OCH3 is 1. The lowest BCUT2D eigenvalue weighted by atomic mass is 9.59. The van der Waals surface area contributed by atoms with E-state index in [4.69, 9.17) is 44.3 Å². The molecule has 3 aromatic rings. The van der Waals surface area contributed by atoms with Gasteiger partial charge in [0.15, 0.2) is 0 Å². The summed E-state index contributed by atoms with van der Waals surface area (Å²) in [7, 11) is 1.32. The van der Waals surface area contributed by atoms with Gasteiger partial charge in [0.1, 0.15) is 17.8 Å². The number of benzene rings is 3. The molecule has 0 saturated carbocycles. The summed E-state index contributed by atoms with van der Waals surface area (Å²) in [6.07, 6.45) is -0.0222. The van der Waals surface area contributed by atoms with E-state index in [1.807, 2.05) is 0 Å². The molecule has 5 rings (SSSR count). The van der Waals surface area contributed by atoms with Crippen molar-refractivity contribution in [2.75, 3.05) is 19.0 Å². The smallest absolute Gasteiger partial charge is 0.314 e. The maximum Gasteiger partial charge on any atom is 0.314 e. The number of carbonyl (C=O) groups excluding carboxylic acids is 3. The highest BCUT2D eigenvalue weighted by Crippen LogP contribution is 2.59. The topological polar surface area (TPSA) is 93.7 Å². The highest BCUT2D eigenvalue weighted by Gasteiger charge is 2.62. The quantitative estimate of drug-likeness (QED) is 0.268. The molecule has 7 nitrogen and oxygen atoms in total. The molecule has 2 amide bonds. The molecule has 11 heteroatoms. The number of halogens is 4. The molecule has 0 bridgehead atoms. The minimum atomic E-state index is -1.36. The SMILES string of the molecule is COC(=O)C(C)(C)COc1ccc(Br)cc1[C@H]1NC(=O)C[C@H](c2cc(Cl)ccc2Cl)[C@]12C(=O)Nc1cc(Cl)ccc12. The third kappa shape index (κ3) is 5.20. The number of esters is 1. The predicted molar refractivity (Wildman–Crippen MR) is 162 cm³/mol. The zero-order valence-corrected chi connectivity index (χ0v) is 26.2. The van der Waals surface area contributed by atoms with Crippen LogP contribution in [0.3, 0.4) is 0 Å². The minimum absolute atomic E-state index is 0.0100. The van der Waals surface area contributed by atoms with Gasteiger partial charge in [0.2, 0.25) is 11.8 Å².